The SMILES string of the molecule is NC(=O)[C@H](c1ccccc1)N1CCN(C(=O)Nc2ccc(Cl)c(Cl)c2)CC1. The number of anilines is 1. The fraction of sp³-hybridized carbons (Fsp3) is 0.263. The molecule has 2 aromatic carbocycles. The van der Waals surface area contributed by atoms with Crippen molar-refractivity contribution >= 4 is 40.8 Å². The van der Waals surface area contributed by atoms with Gasteiger partial charge >= 0.3 is 6.03 Å². The van der Waals surface area contributed by atoms with E-state index in [0.29, 0.717) is 41.9 Å². The minimum absolute atomic E-state index is 0.219. The summed E-state index contributed by atoms with van der Waals surface area (Å²) in [6.07, 6.45) is 0. The van der Waals surface area contributed by atoms with Crippen LogP contribution in [-0.2, 0) is 4.79 Å². The summed E-state index contributed by atoms with van der Waals surface area (Å²) in [5, 5.41) is 3.63. The van der Waals surface area contributed by atoms with Crippen LogP contribution >= 0.6 is 23.2 Å². The number of nitrogens with zero attached hydrogens (tertiary/aromatic N) is 2. The van der Waals surface area contributed by atoms with Gasteiger partial charge < -0.3 is 16.0 Å². The minimum Gasteiger partial charge on any atom is -0.368 e. The maximum Gasteiger partial charge on any atom is 0.321 e. The number of halogens is 2. The van der Waals surface area contributed by atoms with Gasteiger partial charge in [-0.1, -0.05) is 53.5 Å². The third-order valence-electron chi connectivity index (χ3n) is 4.52. The average Bonchev–Trinajstić information content (AvgIpc) is 2.66. The molecule has 1 saturated heterocycles. The number of hydrogen-bond donors (Lipinski definition) is 2. The molecule has 1 heterocycles. The summed E-state index contributed by atoms with van der Waals surface area (Å²) in [6, 6.07) is 13.7. The number of amides is 3. The molecule has 0 spiro atoms. The van der Waals surface area contributed by atoms with E-state index in [9.17, 15) is 9.59 Å². The zero-order chi connectivity index (χ0) is 19.4. The third-order valence-corrected chi connectivity index (χ3v) is 5.26. The Kier molecular flexibility index (Phi) is 6.21. The molecule has 3 rings (SSSR count). The van der Waals surface area contributed by atoms with Gasteiger partial charge in [0.25, 0.3) is 0 Å². The quantitative estimate of drug-likeness (QED) is 0.816. The maximum absolute atomic E-state index is 12.5. The Labute approximate surface area is 167 Å². The molecule has 0 aromatic heterocycles. The Morgan fingerprint density at radius 3 is 2.22 bits per heavy atom. The summed E-state index contributed by atoms with van der Waals surface area (Å²) < 4.78 is 0. The molecule has 0 bridgehead atoms. The molecule has 2 aromatic rings. The highest BCUT2D eigenvalue weighted by atomic mass is 35.5. The van der Waals surface area contributed by atoms with Gasteiger partial charge in [-0.05, 0) is 23.8 Å². The van der Waals surface area contributed by atoms with E-state index in [-0.39, 0.29) is 6.03 Å². The van der Waals surface area contributed by atoms with Gasteiger partial charge in [-0.3, -0.25) is 9.69 Å². The summed E-state index contributed by atoms with van der Waals surface area (Å²) in [5.74, 6) is -0.394. The highest BCUT2D eigenvalue weighted by Gasteiger charge is 2.30. The number of nitrogens with one attached hydrogen (secondary N) is 1. The molecule has 6 nitrogen and oxygen atoms in total. The van der Waals surface area contributed by atoms with Crippen molar-refractivity contribution in [3.8, 4) is 0 Å². The summed E-state index contributed by atoms with van der Waals surface area (Å²) in [4.78, 5) is 28.1. The van der Waals surface area contributed by atoms with Gasteiger partial charge in [0.05, 0.1) is 10.0 Å². The van der Waals surface area contributed by atoms with Crippen molar-refractivity contribution in [3.05, 3.63) is 64.1 Å². The fourth-order valence-electron chi connectivity index (χ4n) is 3.15. The number of benzene rings is 2. The second-order valence-corrected chi connectivity index (χ2v) is 7.11. The van der Waals surface area contributed by atoms with E-state index in [4.69, 9.17) is 28.9 Å². The molecule has 1 atom stereocenters. The van der Waals surface area contributed by atoms with E-state index >= 15 is 0 Å². The van der Waals surface area contributed by atoms with Gasteiger partial charge in [-0.15, -0.1) is 0 Å². The summed E-state index contributed by atoms with van der Waals surface area (Å²) in [7, 11) is 0. The zero-order valence-corrected chi connectivity index (χ0v) is 16.1. The molecular formula is C19H20Cl2N4O2. The summed E-state index contributed by atoms with van der Waals surface area (Å²) in [5.41, 5.74) is 7.07. The highest BCUT2D eigenvalue weighted by molar-refractivity contribution is 6.42. The lowest BCUT2D eigenvalue weighted by atomic mass is 10.0. The van der Waals surface area contributed by atoms with Crippen LogP contribution < -0.4 is 11.1 Å². The summed E-state index contributed by atoms with van der Waals surface area (Å²) >= 11 is 11.9. The number of nitrogens with two attached hydrogens (primary N) is 1. The molecule has 0 aliphatic carbocycles. The van der Waals surface area contributed by atoms with Crippen molar-refractivity contribution in [1.82, 2.24) is 9.80 Å². The Balaban J connectivity index is 1.61. The van der Waals surface area contributed by atoms with Crippen LogP contribution in [0.25, 0.3) is 0 Å². The number of piperazine rings is 1. The first-order valence-electron chi connectivity index (χ1n) is 8.55. The van der Waals surface area contributed by atoms with Gasteiger partial charge in [-0.25, -0.2) is 4.79 Å². The van der Waals surface area contributed by atoms with E-state index in [2.05, 4.69) is 5.32 Å². The van der Waals surface area contributed by atoms with Crippen molar-refractivity contribution < 1.29 is 9.59 Å². The van der Waals surface area contributed by atoms with Crippen molar-refractivity contribution in [3.63, 3.8) is 0 Å². The van der Waals surface area contributed by atoms with E-state index in [1.807, 2.05) is 35.2 Å². The Morgan fingerprint density at radius 1 is 0.963 bits per heavy atom. The number of rotatable bonds is 4. The van der Waals surface area contributed by atoms with Crippen LogP contribution in [0.1, 0.15) is 11.6 Å². The van der Waals surface area contributed by atoms with Crippen molar-refractivity contribution in [2.75, 3.05) is 31.5 Å². The Morgan fingerprint density at radius 2 is 1.63 bits per heavy atom. The average molecular weight is 407 g/mol. The number of urea groups is 1. The lowest BCUT2D eigenvalue weighted by Gasteiger charge is -2.38. The normalized spacial score (nSPS) is 16.0. The second-order valence-electron chi connectivity index (χ2n) is 6.30. The van der Waals surface area contributed by atoms with Crippen molar-refractivity contribution in [2.45, 2.75) is 6.04 Å². The number of carbonyl (C=O) groups excluding carboxylic acids is 2. The molecule has 8 heteroatoms. The molecular weight excluding hydrogens is 387 g/mol. The van der Waals surface area contributed by atoms with Crippen LogP contribution in [-0.4, -0.2) is 47.9 Å². The monoisotopic (exact) mass is 406 g/mol. The molecule has 1 aliphatic rings. The van der Waals surface area contributed by atoms with Crippen LogP contribution in [0, 0.1) is 0 Å². The summed E-state index contributed by atoms with van der Waals surface area (Å²) in [6.45, 7) is 2.09. The topological polar surface area (TPSA) is 78.7 Å². The molecule has 3 amide bonds. The van der Waals surface area contributed by atoms with E-state index < -0.39 is 11.9 Å². The Hall–Kier alpha value is -2.28. The van der Waals surface area contributed by atoms with Gasteiger partial charge in [0.1, 0.15) is 6.04 Å². The predicted octanol–water partition coefficient (Wildman–Crippen LogP) is 3.37. The molecule has 0 unspecified atom stereocenters. The molecule has 0 saturated carbocycles. The van der Waals surface area contributed by atoms with Crippen molar-refractivity contribution in [2.24, 2.45) is 5.73 Å². The first-order valence-corrected chi connectivity index (χ1v) is 9.30. The lowest BCUT2D eigenvalue weighted by molar-refractivity contribution is -0.124. The largest absolute Gasteiger partial charge is 0.368 e. The molecule has 1 aliphatic heterocycles. The van der Waals surface area contributed by atoms with Crippen LogP contribution in [0.5, 0.6) is 0 Å². The van der Waals surface area contributed by atoms with Crippen molar-refractivity contribution in [1.29, 1.82) is 0 Å². The molecule has 3 N–H and O–H groups in total. The zero-order valence-electron chi connectivity index (χ0n) is 14.6. The standard InChI is InChI=1S/C19H20Cl2N4O2/c20-15-7-6-14(12-16(15)21)23-19(27)25-10-8-24(9-11-25)17(18(22)26)13-4-2-1-3-5-13/h1-7,12,17H,8-11H2,(H2,22,26)(H,23,27)/t17-/m0/s1. The maximum atomic E-state index is 12.5. The number of carbonyl (C=O) groups is 2. The number of primary amides is 1. The van der Waals surface area contributed by atoms with Gasteiger partial charge in [0.2, 0.25) is 5.91 Å². The third kappa shape index (κ3) is 4.71. The van der Waals surface area contributed by atoms with Crippen LogP contribution in [0.3, 0.4) is 0 Å². The molecule has 142 valence electrons. The molecule has 0 radical (unpaired) electrons. The van der Waals surface area contributed by atoms with E-state index in [1.165, 1.54) is 0 Å². The minimum atomic E-state index is -0.494. The van der Waals surface area contributed by atoms with Crippen LogP contribution in [0.2, 0.25) is 10.0 Å². The van der Waals surface area contributed by atoms with Crippen LogP contribution in [0.15, 0.2) is 48.5 Å². The second kappa shape index (κ2) is 8.61. The fourth-order valence-corrected chi connectivity index (χ4v) is 3.45. The van der Waals surface area contributed by atoms with E-state index in [0.717, 1.165) is 5.56 Å². The van der Waals surface area contributed by atoms with Gasteiger partial charge in [-0.2, -0.15) is 0 Å². The van der Waals surface area contributed by atoms with E-state index in [1.54, 1.807) is 23.1 Å². The van der Waals surface area contributed by atoms with Gasteiger partial charge in [0.15, 0.2) is 0 Å². The highest BCUT2D eigenvalue weighted by Crippen LogP contribution is 2.26. The molecule has 1 fully saturated rings. The molecule has 27 heavy (non-hydrogen) atoms. The van der Waals surface area contributed by atoms with Gasteiger partial charge in [0, 0.05) is 31.9 Å². The first-order chi connectivity index (χ1) is 13.0. The number of hydrogen-bond acceptors (Lipinski definition) is 3. The smallest absolute Gasteiger partial charge is 0.321 e. The predicted molar refractivity (Wildman–Crippen MR) is 107 cm³/mol. The van der Waals surface area contributed by atoms with Crippen LogP contribution in [0.4, 0.5) is 10.5 Å². The first kappa shape index (κ1) is 19.5. The lowest BCUT2D eigenvalue weighted by Crippen LogP contribution is -2.52. The Bertz CT molecular complexity index is 824.